The lowest BCUT2D eigenvalue weighted by atomic mass is 10.1. The van der Waals surface area contributed by atoms with Crippen molar-refractivity contribution in [3.8, 4) is 0 Å². The van der Waals surface area contributed by atoms with E-state index in [1.54, 1.807) is 12.1 Å². The average Bonchev–Trinajstić information content (AvgIpc) is 2.26. The Morgan fingerprint density at radius 3 is 2.32 bits per heavy atom. The second-order valence-corrected chi connectivity index (χ2v) is 5.11. The van der Waals surface area contributed by atoms with Gasteiger partial charge in [-0.25, -0.2) is 0 Å². The standard InChI is InChI=1S/C14H18F3NO/c1-10-7-18(8-11(2)19-10)9-12-5-3-4-6-13(12)14(15,16)17/h3-6,10-11H,7-9H2,1-2H3/t10-,11-/m0/s1. The van der Waals surface area contributed by atoms with Crippen LogP contribution in [0.2, 0.25) is 0 Å². The SMILES string of the molecule is C[C@H]1CN(Cc2ccccc2C(F)(F)F)C[C@H](C)O1. The average molecular weight is 273 g/mol. The Labute approximate surface area is 111 Å². The van der Waals surface area contributed by atoms with Gasteiger partial charge in [-0.05, 0) is 25.5 Å². The van der Waals surface area contributed by atoms with E-state index >= 15 is 0 Å². The van der Waals surface area contributed by atoms with Crippen LogP contribution < -0.4 is 0 Å². The van der Waals surface area contributed by atoms with Crippen LogP contribution in [0.3, 0.4) is 0 Å². The highest BCUT2D eigenvalue weighted by Gasteiger charge is 2.33. The van der Waals surface area contributed by atoms with E-state index in [2.05, 4.69) is 0 Å². The van der Waals surface area contributed by atoms with Crippen molar-refractivity contribution < 1.29 is 17.9 Å². The van der Waals surface area contributed by atoms with E-state index in [0.29, 0.717) is 25.2 Å². The minimum absolute atomic E-state index is 0.0572. The van der Waals surface area contributed by atoms with Crippen LogP contribution in [-0.2, 0) is 17.5 Å². The summed E-state index contributed by atoms with van der Waals surface area (Å²) in [6, 6.07) is 5.77. The molecule has 2 rings (SSSR count). The van der Waals surface area contributed by atoms with Crippen LogP contribution in [0.4, 0.5) is 13.2 Å². The maximum absolute atomic E-state index is 12.9. The van der Waals surface area contributed by atoms with E-state index in [-0.39, 0.29) is 12.2 Å². The molecule has 2 atom stereocenters. The van der Waals surface area contributed by atoms with Gasteiger partial charge in [0.1, 0.15) is 0 Å². The first-order valence-corrected chi connectivity index (χ1v) is 6.39. The molecule has 0 N–H and O–H groups in total. The van der Waals surface area contributed by atoms with Gasteiger partial charge in [0.2, 0.25) is 0 Å². The number of nitrogens with zero attached hydrogens (tertiary/aromatic N) is 1. The Kier molecular flexibility index (Phi) is 4.16. The molecule has 1 aliphatic rings. The molecule has 5 heteroatoms. The molecule has 0 aliphatic carbocycles. The Balaban J connectivity index is 2.15. The Morgan fingerprint density at radius 2 is 1.74 bits per heavy atom. The molecule has 0 amide bonds. The molecule has 19 heavy (non-hydrogen) atoms. The zero-order chi connectivity index (χ0) is 14.0. The topological polar surface area (TPSA) is 12.5 Å². The van der Waals surface area contributed by atoms with E-state index in [0.717, 1.165) is 6.07 Å². The number of alkyl halides is 3. The van der Waals surface area contributed by atoms with Crippen LogP contribution in [0.5, 0.6) is 0 Å². The molecule has 1 aromatic carbocycles. The number of halogens is 3. The lowest BCUT2D eigenvalue weighted by Crippen LogP contribution is -2.45. The van der Waals surface area contributed by atoms with Crippen molar-refractivity contribution in [1.29, 1.82) is 0 Å². The fourth-order valence-electron chi connectivity index (χ4n) is 2.59. The molecule has 0 spiro atoms. The van der Waals surface area contributed by atoms with Gasteiger partial charge < -0.3 is 4.74 Å². The largest absolute Gasteiger partial charge is 0.416 e. The van der Waals surface area contributed by atoms with E-state index in [9.17, 15) is 13.2 Å². The van der Waals surface area contributed by atoms with Gasteiger partial charge in [0.15, 0.2) is 0 Å². The van der Waals surface area contributed by atoms with Gasteiger partial charge in [-0.15, -0.1) is 0 Å². The molecule has 0 saturated carbocycles. The second-order valence-electron chi connectivity index (χ2n) is 5.11. The maximum Gasteiger partial charge on any atom is 0.416 e. The molecule has 1 saturated heterocycles. The molecule has 0 bridgehead atoms. The van der Waals surface area contributed by atoms with Crippen molar-refractivity contribution in [3.63, 3.8) is 0 Å². The summed E-state index contributed by atoms with van der Waals surface area (Å²) in [6.45, 7) is 5.53. The van der Waals surface area contributed by atoms with Gasteiger partial charge in [0.05, 0.1) is 17.8 Å². The molecule has 0 radical (unpaired) electrons. The Morgan fingerprint density at radius 1 is 1.16 bits per heavy atom. The Bertz CT molecular complexity index is 423. The van der Waals surface area contributed by atoms with Gasteiger partial charge in [0, 0.05) is 19.6 Å². The van der Waals surface area contributed by atoms with Gasteiger partial charge in [-0.1, -0.05) is 18.2 Å². The highest BCUT2D eigenvalue weighted by Crippen LogP contribution is 2.32. The predicted molar refractivity (Wildman–Crippen MR) is 66.7 cm³/mol. The van der Waals surface area contributed by atoms with Crippen molar-refractivity contribution in [2.24, 2.45) is 0 Å². The first-order chi connectivity index (χ1) is 8.86. The Hall–Kier alpha value is -1.07. The van der Waals surface area contributed by atoms with Crippen molar-refractivity contribution in [3.05, 3.63) is 35.4 Å². The molecule has 2 nitrogen and oxygen atoms in total. The van der Waals surface area contributed by atoms with Gasteiger partial charge in [-0.3, -0.25) is 4.90 Å². The van der Waals surface area contributed by atoms with E-state index in [1.807, 2.05) is 18.7 Å². The van der Waals surface area contributed by atoms with Crippen molar-refractivity contribution in [2.75, 3.05) is 13.1 Å². The molecule has 1 fully saturated rings. The minimum Gasteiger partial charge on any atom is -0.373 e. The van der Waals surface area contributed by atoms with Gasteiger partial charge >= 0.3 is 6.18 Å². The first-order valence-electron chi connectivity index (χ1n) is 6.39. The third-order valence-corrected chi connectivity index (χ3v) is 3.21. The van der Waals surface area contributed by atoms with Crippen molar-refractivity contribution in [2.45, 2.75) is 38.8 Å². The minimum atomic E-state index is -4.29. The summed E-state index contributed by atoms with van der Waals surface area (Å²) in [5.41, 5.74) is -0.210. The normalized spacial score (nSPS) is 25.5. The van der Waals surface area contributed by atoms with E-state index in [1.165, 1.54) is 6.07 Å². The van der Waals surface area contributed by atoms with Gasteiger partial charge in [0.25, 0.3) is 0 Å². The number of hydrogen-bond donors (Lipinski definition) is 0. The number of hydrogen-bond acceptors (Lipinski definition) is 2. The van der Waals surface area contributed by atoms with Gasteiger partial charge in [-0.2, -0.15) is 13.2 Å². The predicted octanol–water partition coefficient (Wildman–Crippen LogP) is 3.31. The van der Waals surface area contributed by atoms with Crippen LogP contribution in [0, 0.1) is 0 Å². The van der Waals surface area contributed by atoms with E-state index in [4.69, 9.17) is 4.74 Å². The third kappa shape index (κ3) is 3.70. The zero-order valence-corrected chi connectivity index (χ0v) is 11.1. The smallest absolute Gasteiger partial charge is 0.373 e. The van der Waals surface area contributed by atoms with Crippen LogP contribution >= 0.6 is 0 Å². The van der Waals surface area contributed by atoms with Crippen LogP contribution in [-0.4, -0.2) is 30.2 Å². The lowest BCUT2D eigenvalue weighted by Gasteiger charge is -2.35. The number of ether oxygens (including phenoxy) is 1. The summed E-state index contributed by atoms with van der Waals surface area (Å²) in [6.07, 6.45) is -4.18. The zero-order valence-electron chi connectivity index (χ0n) is 11.1. The second kappa shape index (κ2) is 5.51. The number of benzene rings is 1. The summed E-state index contributed by atoms with van der Waals surface area (Å²) in [5.74, 6) is 0. The van der Waals surface area contributed by atoms with Crippen molar-refractivity contribution >= 4 is 0 Å². The summed E-state index contributed by atoms with van der Waals surface area (Å²) < 4.78 is 44.3. The third-order valence-electron chi connectivity index (χ3n) is 3.21. The fourth-order valence-corrected chi connectivity index (χ4v) is 2.59. The summed E-state index contributed by atoms with van der Waals surface area (Å²) >= 11 is 0. The monoisotopic (exact) mass is 273 g/mol. The molecule has 1 heterocycles. The highest BCUT2D eigenvalue weighted by atomic mass is 19.4. The lowest BCUT2D eigenvalue weighted by molar-refractivity contribution is -0.138. The molecular formula is C14H18F3NO. The fraction of sp³-hybridized carbons (Fsp3) is 0.571. The summed E-state index contributed by atoms with van der Waals surface area (Å²) in [7, 11) is 0. The van der Waals surface area contributed by atoms with Crippen LogP contribution in [0.25, 0.3) is 0 Å². The van der Waals surface area contributed by atoms with Crippen LogP contribution in [0.1, 0.15) is 25.0 Å². The van der Waals surface area contributed by atoms with Crippen molar-refractivity contribution in [1.82, 2.24) is 4.90 Å². The summed E-state index contributed by atoms with van der Waals surface area (Å²) in [5, 5.41) is 0. The quantitative estimate of drug-likeness (QED) is 0.819. The molecule has 106 valence electrons. The van der Waals surface area contributed by atoms with Crippen LogP contribution in [0.15, 0.2) is 24.3 Å². The first kappa shape index (κ1) is 14.3. The molecule has 1 aliphatic heterocycles. The molecule has 0 aromatic heterocycles. The maximum atomic E-state index is 12.9. The number of rotatable bonds is 2. The molecule has 0 unspecified atom stereocenters. The highest BCUT2D eigenvalue weighted by molar-refractivity contribution is 5.29. The molecular weight excluding hydrogens is 255 g/mol. The number of morpholine rings is 1. The molecule has 1 aromatic rings. The van der Waals surface area contributed by atoms with E-state index < -0.39 is 11.7 Å². The summed E-state index contributed by atoms with van der Waals surface area (Å²) in [4.78, 5) is 2.02.